The predicted octanol–water partition coefficient (Wildman–Crippen LogP) is 4.44. The summed E-state index contributed by atoms with van der Waals surface area (Å²) in [6.07, 6.45) is 5.37. The monoisotopic (exact) mass is 370 g/mol. The maximum atomic E-state index is 12.3. The zero-order chi connectivity index (χ0) is 17.1. The van der Waals surface area contributed by atoms with Gasteiger partial charge in [0.05, 0.1) is 10.2 Å². The van der Waals surface area contributed by atoms with Gasteiger partial charge in [0.15, 0.2) is 0 Å². The third-order valence-electron chi connectivity index (χ3n) is 4.23. The van der Waals surface area contributed by atoms with E-state index in [0.717, 1.165) is 46.2 Å². The Kier molecular flexibility index (Phi) is 4.81. The van der Waals surface area contributed by atoms with Gasteiger partial charge >= 0.3 is 0 Å². The number of nitrogens with zero attached hydrogens (tertiary/aromatic N) is 2. The minimum atomic E-state index is 0.0758. The number of fused-ring (bicyclic) bond motifs is 1. The summed E-state index contributed by atoms with van der Waals surface area (Å²) >= 11 is 3.21. The molecule has 1 aliphatic heterocycles. The van der Waals surface area contributed by atoms with Crippen LogP contribution >= 0.6 is 22.7 Å². The van der Waals surface area contributed by atoms with Gasteiger partial charge in [-0.3, -0.25) is 4.79 Å². The number of amides is 1. The van der Waals surface area contributed by atoms with Gasteiger partial charge in [0.25, 0.3) is 5.19 Å². The number of thiazole rings is 1. The molecule has 0 aliphatic carbocycles. The molecule has 1 aromatic carbocycles. The number of likely N-dealkylation sites (tertiary alicyclic amines) is 1. The molecule has 1 amide bonds. The van der Waals surface area contributed by atoms with Crippen molar-refractivity contribution in [3.8, 4) is 5.19 Å². The maximum absolute atomic E-state index is 12.3. The fourth-order valence-electron chi connectivity index (χ4n) is 2.88. The number of thiophene rings is 1. The average molecular weight is 370 g/mol. The number of carbonyl (C=O) groups is 1. The SMILES string of the molecule is O=C(C=Cc1cccs1)N1CCC(Oc2nc3ccccc3s2)CC1. The Morgan fingerprint density at radius 2 is 2.04 bits per heavy atom. The van der Waals surface area contributed by atoms with Crippen molar-refractivity contribution >= 4 is 44.9 Å². The van der Waals surface area contributed by atoms with E-state index in [9.17, 15) is 4.79 Å². The lowest BCUT2D eigenvalue weighted by Crippen LogP contribution is -2.41. The minimum Gasteiger partial charge on any atom is -0.467 e. The summed E-state index contributed by atoms with van der Waals surface area (Å²) in [6, 6.07) is 12.0. The van der Waals surface area contributed by atoms with Crippen molar-refractivity contribution in [2.75, 3.05) is 13.1 Å². The van der Waals surface area contributed by atoms with Crippen molar-refractivity contribution in [3.05, 3.63) is 52.7 Å². The third kappa shape index (κ3) is 3.91. The number of ether oxygens (including phenoxy) is 1. The third-order valence-corrected chi connectivity index (χ3v) is 5.99. The van der Waals surface area contributed by atoms with Gasteiger partial charge in [-0.2, -0.15) is 0 Å². The lowest BCUT2D eigenvalue weighted by atomic mass is 10.1. The number of hydrogen-bond donors (Lipinski definition) is 0. The molecule has 0 N–H and O–H groups in total. The summed E-state index contributed by atoms with van der Waals surface area (Å²) in [5, 5.41) is 2.73. The fraction of sp³-hybridized carbons (Fsp3) is 0.263. The van der Waals surface area contributed by atoms with E-state index in [1.54, 1.807) is 28.7 Å². The van der Waals surface area contributed by atoms with E-state index in [2.05, 4.69) is 11.1 Å². The van der Waals surface area contributed by atoms with E-state index in [0.29, 0.717) is 0 Å². The Hall–Kier alpha value is -2.18. The van der Waals surface area contributed by atoms with Gasteiger partial charge in [0, 0.05) is 36.9 Å². The summed E-state index contributed by atoms with van der Waals surface area (Å²) < 4.78 is 7.18. The van der Waals surface area contributed by atoms with Crippen molar-refractivity contribution in [1.29, 1.82) is 0 Å². The number of carbonyl (C=O) groups excluding carboxylic acids is 1. The van der Waals surface area contributed by atoms with E-state index in [1.807, 2.05) is 46.7 Å². The van der Waals surface area contributed by atoms with Crippen LogP contribution in [0.4, 0.5) is 0 Å². The second-order valence-corrected chi connectivity index (χ2v) is 7.91. The van der Waals surface area contributed by atoms with Crippen LogP contribution < -0.4 is 4.74 Å². The van der Waals surface area contributed by atoms with E-state index >= 15 is 0 Å². The molecule has 128 valence electrons. The molecule has 2 aromatic heterocycles. The Morgan fingerprint density at radius 3 is 2.80 bits per heavy atom. The van der Waals surface area contributed by atoms with Gasteiger partial charge in [0.2, 0.25) is 5.91 Å². The molecule has 4 nitrogen and oxygen atoms in total. The molecule has 0 radical (unpaired) electrons. The number of para-hydroxylation sites is 1. The van der Waals surface area contributed by atoms with Crippen molar-refractivity contribution in [2.24, 2.45) is 0 Å². The van der Waals surface area contributed by atoms with Crippen LogP contribution in [0, 0.1) is 0 Å². The molecule has 6 heteroatoms. The van der Waals surface area contributed by atoms with Crippen molar-refractivity contribution in [3.63, 3.8) is 0 Å². The van der Waals surface area contributed by atoms with E-state index in [-0.39, 0.29) is 12.0 Å². The first-order chi connectivity index (χ1) is 12.3. The molecule has 1 aliphatic rings. The Balaban J connectivity index is 1.31. The van der Waals surface area contributed by atoms with Crippen LogP contribution in [-0.4, -0.2) is 35.0 Å². The molecule has 25 heavy (non-hydrogen) atoms. The van der Waals surface area contributed by atoms with Crippen LogP contribution in [0.2, 0.25) is 0 Å². The molecule has 0 atom stereocenters. The summed E-state index contributed by atoms with van der Waals surface area (Å²) in [5.41, 5.74) is 0.980. The van der Waals surface area contributed by atoms with Gasteiger partial charge in [-0.05, 0) is 29.7 Å². The molecule has 1 fully saturated rings. The highest BCUT2D eigenvalue weighted by molar-refractivity contribution is 7.20. The fourth-order valence-corrected chi connectivity index (χ4v) is 4.38. The van der Waals surface area contributed by atoms with Crippen LogP contribution in [0.15, 0.2) is 47.9 Å². The molecule has 4 rings (SSSR count). The Morgan fingerprint density at radius 1 is 1.20 bits per heavy atom. The number of rotatable bonds is 4. The molecule has 0 unspecified atom stereocenters. The summed E-state index contributed by atoms with van der Waals surface area (Å²) in [5.74, 6) is 0.0758. The molecule has 3 heterocycles. The first-order valence-electron chi connectivity index (χ1n) is 8.31. The summed E-state index contributed by atoms with van der Waals surface area (Å²) in [7, 11) is 0. The van der Waals surface area contributed by atoms with Crippen molar-refractivity contribution in [2.45, 2.75) is 18.9 Å². The normalized spacial score (nSPS) is 15.9. The van der Waals surface area contributed by atoms with Crippen LogP contribution in [0.1, 0.15) is 17.7 Å². The van der Waals surface area contributed by atoms with Gasteiger partial charge in [-0.25, -0.2) is 4.98 Å². The highest BCUT2D eigenvalue weighted by Crippen LogP contribution is 2.29. The second kappa shape index (κ2) is 7.37. The molecular formula is C19H18N2O2S2. The van der Waals surface area contributed by atoms with E-state index < -0.39 is 0 Å². The van der Waals surface area contributed by atoms with Crippen molar-refractivity contribution < 1.29 is 9.53 Å². The second-order valence-electron chi connectivity index (χ2n) is 5.94. The zero-order valence-electron chi connectivity index (χ0n) is 13.6. The van der Waals surface area contributed by atoms with Crippen LogP contribution in [0.5, 0.6) is 5.19 Å². The highest BCUT2D eigenvalue weighted by atomic mass is 32.1. The van der Waals surface area contributed by atoms with Gasteiger partial charge in [0.1, 0.15) is 6.10 Å². The standard InChI is InChI=1S/C19H18N2O2S2/c22-18(8-7-15-4-3-13-24-15)21-11-9-14(10-12-21)23-19-20-16-5-1-2-6-17(16)25-19/h1-8,13-14H,9-12H2. The lowest BCUT2D eigenvalue weighted by molar-refractivity contribution is -0.127. The summed E-state index contributed by atoms with van der Waals surface area (Å²) in [6.45, 7) is 1.45. The summed E-state index contributed by atoms with van der Waals surface area (Å²) in [4.78, 5) is 19.8. The van der Waals surface area contributed by atoms with Crippen molar-refractivity contribution in [1.82, 2.24) is 9.88 Å². The number of piperidine rings is 1. The van der Waals surface area contributed by atoms with Crippen LogP contribution in [0.3, 0.4) is 0 Å². The molecule has 0 spiro atoms. The molecular weight excluding hydrogens is 352 g/mol. The maximum Gasteiger partial charge on any atom is 0.274 e. The van der Waals surface area contributed by atoms with Gasteiger partial charge < -0.3 is 9.64 Å². The molecule has 3 aromatic rings. The minimum absolute atomic E-state index is 0.0758. The van der Waals surface area contributed by atoms with Crippen LogP contribution in [0.25, 0.3) is 16.3 Å². The number of aromatic nitrogens is 1. The Bertz CT molecular complexity index is 845. The molecule has 0 saturated carbocycles. The van der Waals surface area contributed by atoms with Gasteiger partial charge in [-0.1, -0.05) is 29.5 Å². The van der Waals surface area contributed by atoms with Gasteiger partial charge in [-0.15, -0.1) is 11.3 Å². The number of hydrogen-bond acceptors (Lipinski definition) is 5. The highest BCUT2D eigenvalue weighted by Gasteiger charge is 2.23. The Labute approximate surface area is 154 Å². The first kappa shape index (κ1) is 16.3. The average Bonchev–Trinajstić information content (AvgIpc) is 3.29. The van der Waals surface area contributed by atoms with Crippen LogP contribution in [-0.2, 0) is 4.79 Å². The number of benzene rings is 1. The predicted molar refractivity (Wildman–Crippen MR) is 103 cm³/mol. The lowest BCUT2D eigenvalue weighted by Gasteiger charge is -2.30. The molecule has 0 bridgehead atoms. The molecule has 1 saturated heterocycles. The van der Waals surface area contributed by atoms with E-state index in [1.165, 1.54) is 0 Å². The smallest absolute Gasteiger partial charge is 0.274 e. The zero-order valence-corrected chi connectivity index (χ0v) is 15.3. The van der Waals surface area contributed by atoms with E-state index in [4.69, 9.17) is 4.74 Å². The quantitative estimate of drug-likeness (QED) is 0.638. The topological polar surface area (TPSA) is 42.4 Å². The largest absolute Gasteiger partial charge is 0.467 e. The first-order valence-corrected chi connectivity index (χ1v) is 10.0.